The molecule has 0 saturated carbocycles. The van der Waals surface area contributed by atoms with E-state index < -0.39 is 0 Å². The number of hydrogen-bond donors (Lipinski definition) is 1. The normalized spacial score (nSPS) is 11.4. The molecule has 6 heteroatoms. The van der Waals surface area contributed by atoms with Crippen LogP contribution in [0.4, 0.5) is 5.82 Å². The van der Waals surface area contributed by atoms with E-state index in [0.717, 1.165) is 53.0 Å². The van der Waals surface area contributed by atoms with Crippen molar-refractivity contribution < 1.29 is 0 Å². The van der Waals surface area contributed by atoms with Crippen molar-refractivity contribution in [3.63, 3.8) is 0 Å². The van der Waals surface area contributed by atoms with Crippen LogP contribution >= 0.6 is 23.1 Å². The molecule has 0 spiro atoms. The Kier molecular flexibility index (Phi) is 6.06. The molecule has 0 saturated heterocycles. The fraction of sp³-hybridized carbons (Fsp3) is 0.571. The Labute approximate surface area is 129 Å². The minimum absolute atomic E-state index is 0.879. The first-order chi connectivity index (χ1) is 9.78. The van der Waals surface area contributed by atoms with E-state index >= 15 is 0 Å². The number of fused-ring (bicyclic) bond motifs is 1. The molecule has 20 heavy (non-hydrogen) atoms. The number of nitrogens with one attached hydrogen (secondary N) is 1. The summed E-state index contributed by atoms with van der Waals surface area (Å²) in [5.41, 5.74) is 0. The molecule has 2 aromatic rings. The molecular formula is C14H22N4S2. The summed E-state index contributed by atoms with van der Waals surface area (Å²) < 4.78 is 0. The Morgan fingerprint density at radius 3 is 2.80 bits per heavy atom. The van der Waals surface area contributed by atoms with Gasteiger partial charge < -0.3 is 10.2 Å². The van der Waals surface area contributed by atoms with E-state index in [-0.39, 0.29) is 0 Å². The average molecular weight is 310 g/mol. The fourth-order valence-corrected chi connectivity index (χ4v) is 3.68. The highest BCUT2D eigenvalue weighted by Gasteiger charge is 2.08. The topological polar surface area (TPSA) is 41.1 Å². The van der Waals surface area contributed by atoms with Gasteiger partial charge in [-0.2, -0.15) is 11.8 Å². The van der Waals surface area contributed by atoms with E-state index in [2.05, 4.69) is 45.5 Å². The fourth-order valence-electron chi connectivity index (χ4n) is 2.05. The Morgan fingerprint density at radius 2 is 2.10 bits per heavy atom. The second kappa shape index (κ2) is 7.81. The van der Waals surface area contributed by atoms with E-state index in [9.17, 15) is 0 Å². The van der Waals surface area contributed by atoms with Crippen molar-refractivity contribution in [2.24, 2.45) is 0 Å². The van der Waals surface area contributed by atoms with Crippen molar-refractivity contribution in [1.82, 2.24) is 14.9 Å². The van der Waals surface area contributed by atoms with Crippen molar-refractivity contribution in [3.05, 3.63) is 17.3 Å². The summed E-state index contributed by atoms with van der Waals surface area (Å²) in [5.74, 6) is 3.87. The summed E-state index contributed by atoms with van der Waals surface area (Å²) in [6, 6.07) is 2.07. The lowest BCUT2D eigenvalue weighted by atomic mass is 10.4. The Balaban J connectivity index is 1.93. The second-order valence-electron chi connectivity index (χ2n) is 4.46. The van der Waals surface area contributed by atoms with Crippen LogP contribution in [-0.2, 0) is 5.75 Å². The van der Waals surface area contributed by atoms with Crippen LogP contribution in [0, 0.1) is 0 Å². The second-order valence-corrected chi connectivity index (χ2v) is 6.46. The van der Waals surface area contributed by atoms with Gasteiger partial charge in [0.15, 0.2) is 0 Å². The molecule has 110 valence electrons. The van der Waals surface area contributed by atoms with Crippen molar-refractivity contribution in [2.45, 2.75) is 19.6 Å². The third-order valence-corrected chi connectivity index (χ3v) is 5.03. The van der Waals surface area contributed by atoms with Gasteiger partial charge in [0.2, 0.25) is 0 Å². The minimum Gasteiger partial charge on any atom is -0.372 e. The van der Waals surface area contributed by atoms with Crippen molar-refractivity contribution >= 4 is 39.1 Å². The summed E-state index contributed by atoms with van der Waals surface area (Å²) in [4.78, 5) is 12.7. The van der Waals surface area contributed by atoms with E-state index in [1.165, 1.54) is 0 Å². The molecule has 0 aliphatic rings. The van der Waals surface area contributed by atoms with Gasteiger partial charge in [-0.15, -0.1) is 11.3 Å². The van der Waals surface area contributed by atoms with Crippen LogP contribution in [0.2, 0.25) is 0 Å². The van der Waals surface area contributed by atoms with Crippen LogP contribution in [-0.4, -0.2) is 47.3 Å². The lowest BCUT2D eigenvalue weighted by Gasteiger charge is -2.17. The molecule has 0 aliphatic carbocycles. The monoisotopic (exact) mass is 310 g/mol. The van der Waals surface area contributed by atoms with Crippen LogP contribution in [0.15, 0.2) is 11.4 Å². The molecule has 0 amide bonds. The Hall–Kier alpha value is -0.850. The van der Waals surface area contributed by atoms with Crippen molar-refractivity contribution in [3.8, 4) is 0 Å². The van der Waals surface area contributed by atoms with Gasteiger partial charge in [0.25, 0.3) is 0 Å². The molecule has 2 rings (SSSR count). The van der Waals surface area contributed by atoms with Crippen LogP contribution in [0.3, 0.4) is 0 Å². The summed E-state index contributed by atoms with van der Waals surface area (Å²) in [7, 11) is 1.91. The lowest BCUT2D eigenvalue weighted by Crippen LogP contribution is -2.25. The van der Waals surface area contributed by atoms with E-state index in [1.54, 1.807) is 11.3 Å². The Bertz CT molecular complexity index is 537. The van der Waals surface area contributed by atoms with Crippen LogP contribution < -0.4 is 5.32 Å². The quantitative estimate of drug-likeness (QED) is 0.758. The number of aromatic nitrogens is 2. The average Bonchev–Trinajstić information content (AvgIpc) is 2.95. The van der Waals surface area contributed by atoms with Gasteiger partial charge >= 0.3 is 0 Å². The van der Waals surface area contributed by atoms with Gasteiger partial charge in [-0.05, 0) is 24.5 Å². The molecule has 0 bridgehead atoms. The van der Waals surface area contributed by atoms with Crippen molar-refractivity contribution in [2.75, 3.05) is 37.8 Å². The van der Waals surface area contributed by atoms with Gasteiger partial charge in [0.05, 0.1) is 11.1 Å². The van der Waals surface area contributed by atoms with Gasteiger partial charge in [-0.3, -0.25) is 0 Å². The molecule has 1 N–H and O–H groups in total. The first-order valence-corrected chi connectivity index (χ1v) is 9.03. The van der Waals surface area contributed by atoms with Crippen LogP contribution in [0.5, 0.6) is 0 Å². The predicted molar refractivity (Wildman–Crippen MR) is 90.9 cm³/mol. The zero-order valence-electron chi connectivity index (χ0n) is 12.3. The number of thiophene rings is 1. The maximum atomic E-state index is 4.63. The summed E-state index contributed by atoms with van der Waals surface area (Å²) in [6.45, 7) is 7.80. The Morgan fingerprint density at radius 1 is 1.30 bits per heavy atom. The molecule has 4 nitrogen and oxygen atoms in total. The maximum absolute atomic E-state index is 4.63. The van der Waals surface area contributed by atoms with E-state index in [0.29, 0.717) is 0 Å². The molecule has 0 fully saturated rings. The van der Waals surface area contributed by atoms with Gasteiger partial charge in [-0.25, -0.2) is 9.97 Å². The highest BCUT2D eigenvalue weighted by atomic mass is 32.2. The third kappa shape index (κ3) is 3.84. The van der Waals surface area contributed by atoms with E-state index in [4.69, 9.17) is 0 Å². The molecule has 0 unspecified atom stereocenters. The molecule has 0 aliphatic heterocycles. The van der Waals surface area contributed by atoms with Gasteiger partial charge in [0, 0.05) is 19.3 Å². The zero-order valence-corrected chi connectivity index (χ0v) is 14.0. The van der Waals surface area contributed by atoms with Gasteiger partial charge in [-0.1, -0.05) is 13.8 Å². The van der Waals surface area contributed by atoms with Crippen LogP contribution in [0.25, 0.3) is 10.2 Å². The molecule has 0 atom stereocenters. The van der Waals surface area contributed by atoms with Gasteiger partial charge in [0.1, 0.15) is 16.5 Å². The van der Waals surface area contributed by atoms with Crippen molar-refractivity contribution in [1.29, 1.82) is 0 Å². The zero-order chi connectivity index (χ0) is 14.4. The predicted octanol–water partition coefficient (Wildman–Crippen LogP) is 3.31. The maximum Gasteiger partial charge on any atom is 0.142 e. The summed E-state index contributed by atoms with van der Waals surface area (Å²) in [5, 5.41) is 6.35. The highest BCUT2D eigenvalue weighted by Crippen LogP contribution is 2.25. The molecule has 0 radical (unpaired) electrons. The molecule has 0 aromatic carbocycles. The SMILES string of the molecule is CCN(CC)CCSCc1nc(NC)c2ccsc2n1. The van der Waals surface area contributed by atoms with Crippen LogP contribution in [0.1, 0.15) is 19.7 Å². The molecule has 2 aromatic heterocycles. The van der Waals surface area contributed by atoms with E-state index in [1.807, 2.05) is 18.8 Å². The first-order valence-electron chi connectivity index (χ1n) is 7.00. The highest BCUT2D eigenvalue weighted by molar-refractivity contribution is 7.98. The number of rotatable bonds is 8. The number of nitrogens with zero attached hydrogens (tertiary/aromatic N) is 3. The number of thioether (sulfide) groups is 1. The number of hydrogen-bond acceptors (Lipinski definition) is 6. The summed E-state index contributed by atoms with van der Waals surface area (Å²) >= 11 is 3.58. The third-order valence-electron chi connectivity index (χ3n) is 3.29. The largest absolute Gasteiger partial charge is 0.372 e. The smallest absolute Gasteiger partial charge is 0.142 e. The first kappa shape index (κ1) is 15.5. The minimum atomic E-state index is 0.879. The standard InChI is InChI=1S/C14H22N4S2/c1-4-18(5-2)7-9-19-10-12-16-13(15-3)11-6-8-20-14(11)17-12/h6,8H,4-5,7,9-10H2,1-3H3,(H,15,16,17). The lowest BCUT2D eigenvalue weighted by molar-refractivity contribution is 0.324. The summed E-state index contributed by atoms with van der Waals surface area (Å²) in [6.07, 6.45) is 0. The molecular weight excluding hydrogens is 288 g/mol. The molecule has 2 heterocycles. The number of anilines is 1.